The zero-order chi connectivity index (χ0) is 15.3. The van der Waals surface area contributed by atoms with Crippen LogP contribution in [-0.4, -0.2) is 26.7 Å². The maximum atomic E-state index is 12.4. The second kappa shape index (κ2) is 6.61. The Morgan fingerprint density at radius 3 is 2.71 bits per heavy atom. The fourth-order valence-corrected chi connectivity index (χ4v) is 3.75. The predicted molar refractivity (Wildman–Crippen MR) is 82.2 cm³/mol. The van der Waals surface area contributed by atoms with E-state index in [-0.39, 0.29) is 16.9 Å². The third-order valence-corrected chi connectivity index (χ3v) is 5.66. The van der Waals surface area contributed by atoms with Gasteiger partial charge in [0.15, 0.2) is 0 Å². The van der Waals surface area contributed by atoms with Crippen molar-refractivity contribution in [3.05, 3.63) is 29.8 Å². The number of benzene rings is 1. The van der Waals surface area contributed by atoms with Gasteiger partial charge in [-0.25, -0.2) is 13.1 Å². The van der Waals surface area contributed by atoms with Gasteiger partial charge < -0.3 is 5.11 Å². The molecule has 2 rings (SSSR count). The molecule has 0 radical (unpaired) electrons. The van der Waals surface area contributed by atoms with Gasteiger partial charge in [0.2, 0.25) is 10.0 Å². The highest BCUT2D eigenvalue weighted by molar-refractivity contribution is 7.89. The quantitative estimate of drug-likeness (QED) is 0.816. The van der Waals surface area contributed by atoms with E-state index in [1.54, 1.807) is 18.2 Å². The van der Waals surface area contributed by atoms with E-state index in [0.29, 0.717) is 12.1 Å². The van der Waals surface area contributed by atoms with Crippen molar-refractivity contribution in [2.75, 3.05) is 13.2 Å². The third-order valence-electron chi connectivity index (χ3n) is 4.26. The zero-order valence-corrected chi connectivity index (χ0v) is 13.0. The summed E-state index contributed by atoms with van der Waals surface area (Å²) in [6.07, 6.45) is 4.36. The fourth-order valence-electron chi connectivity index (χ4n) is 2.55. The summed E-state index contributed by atoms with van der Waals surface area (Å²) >= 11 is 0. The average Bonchev–Trinajstić information content (AvgIpc) is 2.45. The van der Waals surface area contributed by atoms with Crippen LogP contribution in [0.3, 0.4) is 0 Å². The summed E-state index contributed by atoms with van der Waals surface area (Å²) in [6.45, 7) is 2.37. The van der Waals surface area contributed by atoms with Gasteiger partial charge in [-0.3, -0.25) is 0 Å². The average molecular weight is 307 g/mol. The van der Waals surface area contributed by atoms with E-state index in [2.05, 4.69) is 23.5 Å². The highest BCUT2D eigenvalue weighted by atomic mass is 32.2. The van der Waals surface area contributed by atoms with E-state index >= 15 is 0 Å². The van der Waals surface area contributed by atoms with E-state index < -0.39 is 10.0 Å². The van der Waals surface area contributed by atoms with Gasteiger partial charge in [-0.05, 0) is 42.9 Å². The van der Waals surface area contributed by atoms with Crippen LogP contribution in [-0.2, 0) is 10.0 Å². The molecule has 2 N–H and O–H groups in total. The summed E-state index contributed by atoms with van der Waals surface area (Å²) in [4.78, 5) is 0.220. The van der Waals surface area contributed by atoms with E-state index in [4.69, 9.17) is 5.11 Å². The Morgan fingerprint density at radius 2 is 2.14 bits per heavy atom. The number of rotatable bonds is 5. The molecule has 0 bridgehead atoms. The van der Waals surface area contributed by atoms with Crippen LogP contribution in [0.25, 0.3) is 0 Å². The lowest BCUT2D eigenvalue weighted by Crippen LogP contribution is -2.41. The number of aliphatic hydroxyl groups excluding tert-OH is 1. The molecule has 0 atom stereocenters. The summed E-state index contributed by atoms with van der Waals surface area (Å²) in [7, 11) is -3.51. The van der Waals surface area contributed by atoms with Crippen LogP contribution < -0.4 is 4.72 Å². The second-order valence-electron chi connectivity index (χ2n) is 5.52. The van der Waals surface area contributed by atoms with Crippen LogP contribution in [0.15, 0.2) is 29.2 Å². The van der Waals surface area contributed by atoms with Gasteiger partial charge in [0.05, 0.1) is 4.90 Å². The molecule has 114 valence electrons. The summed E-state index contributed by atoms with van der Waals surface area (Å²) in [5.74, 6) is 5.24. The number of sulfonamides is 1. The summed E-state index contributed by atoms with van der Waals surface area (Å²) in [6, 6.07) is 6.48. The topological polar surface area (TPSA) is 66.4 Å². The summed E-state index contributed by atoms with van der Waals surface area (Å²) in [5.41, 5.74) is 0.724. The minimum Gasteiger partial charge on any atom is -0.384 e. The zero-order valence-electron chi connectivity index (χ0n) is 12.2. The first-order valence-electron chi connectivity index (χ1n) is 7.21. The number of nitrogens with one attached hydrogen (secondary N) is 1. The molecule has 0 amide bonds. The predicted octanol–water partition coefficient (Wildman–Crippen LogP) is 1.89. The molecule has 0 aliphatic heterocycles. The lowest BCUT2D eigenvalue weighted by molar-refractivity contribution is 0.133. The van der Waals surface area contributed by atoms with Crippen molar-refractivity contribution in [1.29, 1.82) is 0 Å². The number of hydrogen-bond donors (Lipinski definition) is 2. The molecule has 5 heteroatoms. The molecular weight excluding hydrogens is 286 g/mol. The Morgan fingerprint density at radius 1 is 1.38 bits per heavy atom. The number of hydrogen-bond acceptors (Lipinski definition) is 3. The minimum absolute atomic E-state index is 0.140. The molecule has 0 heterocycles. The maximum Gasteiger partial charge on any atom is 0.240 e. The monoisotopic (exact) mass is 307 g/mol. The van der Waals surface area contributed by atoms with Crippen LogP contribution in [0.5, 0.6) is 0 Å². The Balaban J connectivity index is 2.12. The Labute approximate surface area is 126 Å². The lowest BCUT2D eigenvalue weighted by atomic mass is 9.67. The van der Waals surface area contributed by atoms with Gasteiger partial charge in [0.1, 0.15) is 6.61 Å². The first-order chi connectivity index (χ1) is 10.0. The van der Waals surface area contributed by atoms with Crippen LogP contribution in [0.1, 0.15) is 38.2 Å². The van der Waals surface area contributed by atoms with Crippen LogP contribution >= 0.6 is 0 Å². The van der Waals surface area contributed by atoms with Gasteiger partial charge in [-0.15, -0.1) is 0 Å². The SMILES string of the molecule is CCC1(CNS(=O)(=O)c2cccc(C#CCO)c2)CCC1. The van der Waals surface area contributed by atoms with Crippen molar-refractivity contribution >= 4 is 10.0 Å². The van der Waals surface area contributed by atoms with Crippen molar-refractivity contribution in [1.82, 2.24) is 4.72 Å². The van der Waals surface area contributed by atoms with Crippen molar-refractivity contribution in [3.63, 3.8) is 0 Å². The Bertz CT molecular complexity index is 646. The van der Waals surface area contributed by atoms with Gasteiger partial charge in [0.25, 0.3) is 0 Å². The molecule has 0 saturated heterocycles. The maximum absolute atomic E-state index is 12.4. The van der Waals surface area contributed by atoms with Gasteiger partial charge in [-0.1, -0.05) is 31.3 Å². The summed E-state index contributed by atoms with van der Waals surface area (Å²) < 4.78 is 27.4. The van der Waals surface area contributed by atoms with Crippen LogP contribution in [0.2, 0.25) is 0 Å². The van der Waals surface area contributed by atoms with Gasteiger partial charge >= 0.3 is 0 Å². The molecule has 1 fully saturated rings. The van der Waals surface area contributed by atoms with Crippen LogP contribution in [0.4, 0.5) is 0 Å². The van der Waals surface area contributed by atoms with Crippen molar-refractivity contribution < 1.29 is 13.5 Å². The largest absolute Gasteiger partial charge is 0.384 e. The molecule has 0 aromatic heterocycles. The molecule has 1 aromatic rings. The molecule has 1 aromatic carbocycles. The number of aliphatic hydroxyl groups is 1. The molecule has 1 aliphatic carbocycles. The molecular formula is C16H21NO3S. The fraction of sp³-hybridized carbons (Fsp3) is 0.500. The first kappa shape index (κ1) is 16.0. The molecule has 21 heavy (non-hydrogen) atoms. The molecule has 4 nitrogen and oxygen atoms in total. The standard InChI is InChI=1S/C16H21NO3S/c1-2-16(9-5-10-16)13-17-21(19,20)15-8-3-6-14(12-15)7-4-11-18/h3,6,8,12,17-18H,2,5,9-11,13H2,1H3. The van der Waals surface area contributed by atoms with Crippen LogP contribution in [0, 0.1) is 17.3 Å². The lowest BCUT2D eigenvalue weighted by Gasteiger charge is -2.41. The molecule has 0 spiro atoms. The normalized spacial score (nSPS) is 16.7. The molecule has 0 unspecified atom stereocenters. The second-order valence-corrected chi connectivity index (χ2v) is 7.29. The highest BCUT2D eigenvalue weighted by Gasteiger charge is 2.36. The first-order valence-corrected chi connectivity index (χ1v) is 8.69. The Hall–Kier alpha value is -1.35. The van der Waals surface area contributed by atoms with E-state index in [9.17, 15) is 8.42 Å². The van der Waals surface area contributed by atoms with Gasteiger partial charge in [0, 0.05) is 12.1 Å². The van der Waals surface area contributed by atoms with Crippen molar-refractivity contribution in [3.8, 4) is 11.8 Å². The molecule has 1 aliphatic rings. The van der Waals surface area contributed by atoms with E-state index in [0.717, 1.165) is 19.3 Å². The van der Waals surface area contributed by atoms with Crippen molar-refractivity contribution in [2.45, 2.75) is 37.5 Å². The van der Waals surface area contributed by atoms with E-state index in [1.165, 1.54) is 12.5 Å². The molecule has 1 saturated carbocycles. The Kier molecular flexibility index (Phi) is 5.04. The highest BCUT2D eigenvalue weighted by Crippen LogP contribution is 2.43. The summed E-state index contributed by atoms with van der Waals surface area (Å²) in [5, 5.41) is 8.69. The van der Waals surface area contributed by atoms with Gasteiger partial charge in [-0.2, -0.15) is 0 Å². The van der Waals surface area contributed by atoms with Crippen molar-refractivity contribution in [2.24, 2.45) is 5.41 Å². The van der Waals surface area contributed by atoms with E-state index in [1.807, 2.05) is 0 Å². The smallest absolute Gasteiger partial charge is 0.240 e. The third kappa shape index (κ3) is 3.85. The minimum atomic E-state index is -3.51.